The van der Waals surface area contributed by atoms with Crippen LogP contribution in [-0.4, -0.2) is 39.3 Å². The highest BCUT2D eigenvalue weighted by Crippen LogP contribution is 2.33. The van der Waals surface area contributed by atoms with Crippen LogP contribution in [0.25, 0.3) is 0 Å². The fourth-order valence-electron chi connectivity index (χ4n) is 3.10. The van der Waals surface area contributed by atoms with Crippen molar-refractivity contribution in [2.75, 3.05) is 0 Å². The maximum Gasteiger partial charge on any atom is 0.303 e. The van der Waals surface area contributed by atoms with Crippen molar-refractivity contribution in [3.8, 4) is 0 Å². The molecule has 1 saturated carbocycles. The summed E-state index contributed by atoms with van der Waals surface area (Å²) >= 11 is 0. The Morgan fingerprint density at radius 2 is 1.93 bits per heavy atom. The number of carboxylic acids is 1. The minimum absolute atomic E-state index is 0.0184. The number of hydrogen-bond acceptors (Lipinski definition) is 4. The van der Waals surface area contributed by atoms with Crippen LogP contribution in [0.3, 0.4) is 0 Å². The molecule has 1 aliphatic rings. The van der Waals surface area contributed by atoms with Crippen molar-refractivity contribution in [3.63, 3.8) is 0 Å². The average Bonchev–Trinajstić information content (AvgIpc) is 2.88. The van der Waals surface area contributed by atoms with Gasteiger partial charge in [-0.3, -0.25) is 9.59 Å². The lowest BCUT2D eigenvalue weighted by Crippen LogP contribution is -2.19. The quantitative estimate of drug-likeness (QED) is 0.453. The van der Waals surface area contributed by atoms with E-state index >= 15 is 0 Å². The van der Waals surface area contributed by atoms with Gasteiger partial charge >= 0.3 is 5.97 Å². The number of rotatable bonds is 12. The molecule has 1 fully saturated rings. The molecular weight excluding hydrogens is 344 g/mol. The van der Waals surface area contributed by atoms with Crippen LogP contribution in [0.4, 0.5) is 0 Å². The second-order valence-corrected chi connectivity index (χ2v) is 6.84. The molecule has 0 saturated heterocycles. The molecule has 5 heteroatoms. The van der Waals surface area contributed by atoms with Crippen molar-refractivity contribution in [3.05, 3.63) is 48.6 Å². The van der Waals surface area contributed by atoms with Gasteiger partial charge in [0.15, 0.2) is 0 Å². The van der Waals surface area contributed by atoms with E-state index in [9.17, 15) is 19.8 Å². The molecule has 5 nitrogen and oxygen atoms in total. The monoisotopic (exact) mass is 376 g/mol. The van der Waals surface area contributed by atoms with E-state index in [1.54, 1.807) is 18.2 Å². The Hall–Kier alpha value is -1.98. The third kappa shape index (κ3) is 9.50. The van der Waals surface area contributed by atoms with E-state index in [4.69, 9.17) is 5.11 Å². The molecule has 150 valence electrons. The van der Waals surface area contributed by atoms with Gasteiger partial charge in [-0.1, -0.05) is 55.5 Å². The topological polar surface area (TPSA) is 94.8 Å². The number of ketones is 1. The molecular formula is C22H32O5. The smallest absolute Gasteiger partial charge is 0.303 e. The molecule has 0 amide bonds. The number of carboxylic acid groups (broad SMARTS) is 1. The minimum atomic E-state index is -0.846. The third-order valence-electron chi connectivity index (χ3n) is 4.60. The van der Waals surface area contributed by atoms with Crippen molar-refractivity contribution in [1.82, 2.24) is 0 Å². The number of Topliss-reactive ketones (excluding diaryl/α,β-unsaturated/α-hetero) is 1. The van der Waals surface area contributed by atoms with Crippen molar-refractivity contribution < 1.29 is 24.9 Å². The zero-order valence-corrected chi connectivity index (χ0v) is 16.0. The second kappa shape index (κ2) is 13.2. The van der Waals surface area contributed by atoms with Crippen molar-refractivity contribution in [2.45, 2.75) is 64.1 Å². The first kappa shape index (κ1) is 23.1. The summed E-state index contributed by atoms with van der Waals surface area (Å²) in [5.41, 5.74) is 0. The van der Waals surface area contributed by atoms with Gasteiger partial charge in [0, 0.05) is 24.7 Å². The third-order valence-corrected chi connectivity index (χ3v) is 4.60. The Kier molecular flexibility index (Phi) is 11.3. The van der Waals surface area contributed by atoms with E-state index < -0.39 is 24.1 Å². The van der Waals surface area contributed by atoms with Crippen LogP contribution >= 0.6 is 0 Å². The van der Waals surface area contributed by atoms with Gasteiger partial charge in [-0.25, -0.2) is 0 Å². The maximum absolute atomic E-state index is 12.1. The molecule has 0 unspecified atom stereocenters. The predicted molar refractivity (Wildman–Crippen MR) is 106 cm³/mol. The first-order valence-electron chi connectivity index (χ1n) is 9.69. The summed E-state index contributed by atoms with van der Waals surface area (Å²) in [5, 5.41) is 28.8. The van der Waals surface area contributed by atoms with Gasteiger partial charge in [-0.15, -0.1) is 0 Å². The van der Waals surface area contributed by atoms with Crippen LogP contribution in [0, 0.1) is 11.8 Å². The molecule has 0 radical (unpaired) electrons. The SMILES string of the molecule is CC/C=C\C/C=C\C[C@@H](O)/C=C/[C@H]1C(=O)C[C@@H](O)[C@@H]1C/C=C\CCC(=O)O. The lowest BCUT2D eigenvalue weighted by atomic mass is 9.90. The van der Waals surface area contributed by atoms with Crippen LogP contribution in [0.15, 0.2) is 48.6 Å². The number of carbonyl (C=O) groups is 2. The Bertz CT molecular complexity index is 573. The molecule has 4 atom stereocenters. The highest BCUT2D eigenvalue weighted by molar-refractivity contribution is 5.86. The minimum Gasteiger partial charge on any atom is -0.481 e. The highest BCUT2D eigenvalue weighted by atomic mass is 16.4. The van der Waals surface area contributed by atoms with Gasteiger partial charge in [0.05, 0.1) is 12.2 Å². The normalized spacial score (nSPS) is 24.9. The van der Waals surface area contributed by atoms with E-state index in [1.165, 1.54) is 0 Å². The summed E-state index contributed by atoms with van der Waals surface area (Å²) in [6, 6.07) is 0. The zero-order chi connectivity index (χ0) is 20.1. The maximum atomic E-state index is 12.1. The van der Waals surface area contributed by atoms with Crippen molar-refractivity contribution in [2.24, 2.45) is 11.8 Å². The molecule has 27 heavy (non-hydrogen) atoms. The summed E-state index contributed by atoms with van der Waals surface area (Å²) in [6.07, 6.45) is 17.2. The number of aliphatic hydroxyl groups excluding tert-OH is 2. The Morgan fingerprint density at radius 1 is 1.19 bits per heavy atom. The average molecular weight is 376 g/mol. The van der Waals surface area contributed by atoms with Crippen LogP contribution in [0.1, 0.15) is 51.9 Å². The second-order valence-electron chi connectivity index (χ2n) is 6.84. The first-order chi connectivity index (χ1) is 13.0. The zero-order valence-electron chi connectivity index (χ0n) is 16.0. The van der Waals surface area contributed by atoms with Gasteiger partial charge < -0.3 is 15.3 Å². The van der Waals surface area contributed by atoms with Gasteiger partial charge in [0.2, 0.25) is 0 Å². The number of carbonyl (C=O) groups excluding carboxylic acids is 1. The predicted octanol–water partition coefficient (Wildman–Crippen LogP) is 3.58. The van der Waals surface area contributed by atoms with Crippen LogP contribution in [0.2, 0.25) is 0 Å². The van der Waals surface area contributed by atoms with Gasteiger partial charge in [0.25, 0.3) is 0 Å². The van der Waals surface area contributed by atoms with Gasteiger partial charge in [-0.05, 0) is 32.1 Å². The summed E-state index contributed by atoms with van der Waals surface area (Å²) in [4.78, 5) is 22.6. The van der Waals surface area contributed by atoms with Crippen molar-refractivity contribution in [1.29, 1.82) is 0 Å². The first-order valence-corrected chi connectivity index (χ1v) is 9.69. The Labute approximate surface area is 161 Å². The summed E-state index contributed by atoms with van der Waals surface area (Å²) in [5.74, 6) is -1.50. The molecule has 0 bridgehead atoms. The fraction of sp³-hybridized carbons (Fsp3) is 0.545. The number of allylic oxidation sites excluding steroid dienone is 6. The molecule has 0 aromatic carbocycles. The molecule has 0 spiro atoms. The van der Waals surface area contributed by atoms with E-state index in [1.807, 2.05) is 18.2 Å². The largest absolute Gasteiger partial charge is 0.481 e. The van der Waals surface area contributed by atoms with E-state index in [0.29, 0.717) is 19.3 Å². The molecule has 0 heterocycles. The lowest BCUT2D eigenvalue weighted by Gasteiger charge is -2.16. The Morgan fingerprint density at radius 3 is 2.63 bits per heavy atom. The molecule has 0 aromatic heterocycles. The van der Waals surface area contributed by atoms with Gasteiger partial charge in [0.1, 0.15) is 5.78 Å². The van der Waals surface area contributed by atoms with Crippen molar-refractivity contribution >= 4 is 11.8 Å². The Balaban J connectivity index is 2.50. The number of aliphatic hydroxyl groups is 2. The summed E-state index contributed by atoms with van der Waals surface area (Å²) < 4.78 is 0. The van der Waals surface area contributed by atoms with E-state index in [-0.39, 0.29) is 24.5 Å². The molecule has 3 N–H and O–H groups in total. The van der Waals surface area contributed by atoms with Crippen LogP contribution in [-0.2, 0) is 9.59 Å². The number of hydrogen-bond donors (Lipinski definition) is 3. The van der Waals surface area contributed by atoms with Gasteiger partial charge in [-0.2, -0.15) is 0 Å². The summed E-state index contributed by atoms with van der Waals surface area (Å²) in [7, 11) is 0. The highest BCUT2D eigenvalue weighted by Gasteiger charge is 2.39. The van der Waals surface area contributed by atoms with E-state index in [2.05, 4.69) is 19.1 Å². The molecule has 1 aliphatic carbocycles. The molecule has 1 rings (SSSR count). The fourth-order valence-corrected chi connectivity index (χ4v) is 3.10. The van der Waals surface area contributed by atoms with Crippen LogP contribution in [0.5, 0.6) is 0 Å². The molecule has 0 aliphatic heterocycles. The summed E-state index contributed by atoms with van der Waals surface area (Å²) in [6.45, 7) is 2.08. The van der Waals surface area contributed by atoms with Crippen LogP contribution < -0.4 is 0 Å². The van der Waals surface area contributed by atoms with E-state index in [0.717, 1.165) is 12.8 Å². The molecule has 0 aromatic rings. The lowest BCUT2D eigenvalue weighted by molar-refractivity contribution is -0.136. The standard InChI is InChI=1S/C22H32O5/c1-2-3-4-5-6-8-11-17(23)14-15-19-18(20(24)16-21(19)25)12-9-7-10-13-22(26)27/h3-4,6-9,14-15,17-20,23-24H,2,5,10-13,16H2,1H3,(H,26,27)/b4-3-,8-6-,9-7-,15-14+/t17-,18-,19-,20-/m1/s1. The number of aliphatic carboxylic acids is 1.